The smallest absolute Gasteiger partial charge is 0.296 e. The highest BCUT2D eigenvalue weighted by molar-refractivity contribution is 7.88. The van der Waals surface area contributed by atoms with Gasteiger partial charge in [-0.3, -0.25) is 9.47 Å². The Labute approximate surface area is 267 Å². The summed E-state index contributed by atoms with van der Waals surface area (Å²) < 4.78 is 73.6. The van der Waals surface area contributed by atoms with Gasteiger partial charge in [-0.25, -0.2) is 26.5 Å². The summed E-state index contributed by atoms with van der Waals surface area (Å²) in [6.07, 6.45) is 0.463. The Morgan fingerprint density at radius 2 is 1.72 bits per heavy atom. The summed E-state index contributed by atoms with van der Waals surface area (Å²) in [5.41, 5.74) is 0.646. The van der Waals surface area contributed by atoms with Crippen LogP contribution in [0.1, 0.15) is 31.5 Å². The molecule has 0 saturated carbocycles. The number of methoxy groups -OCH3 is 1. The Hall–Kier alpha value is -3.25. The Balaban J connectivity index is 1.45. The summed E-state index contributed by atoms with van der Waals surface area (Å²) in [6.45, 7) is 7.11. The van der Waals surface area contributed by atoms with Crippen molar-refractivity contribution in [2.24, 2.45) is 0 Å². The van der Waals surface area contributed by atoms with Crippen LogP contribution in [0.15, 0.2) is 18.2 Å². The Kier molecular flexibility index (Phi) is 10.1. The number of sulfonamides is 1. The number of hydrogen-bond donors (Lipinski definition) is 0. The molecule has 0 aliphatic carbocycles. The first-order chi connectivity index (χ1) is 22.2. The van der Waals surface area contributed by atoms with E-state index in [1.54, 1.807) is 18.2 Å². The highest BCUT2D eigenvalue weighted by Gasteiger charge is 2.33. The van der Waals surface area contributed by atoms with Crippen LogP contribution in [0.5, 0.6) is 5.75 Å². The lowest BCUT2D eigenvalue weighted by Gasteiger charge is -2.39. The molecule has 252 valence electrons. The van der Waals surface area contributed by atoms with E-state index in [1.165, 1.54) is 22.2 Å². The maximum atomic E-state index is 14.6. The van der Waals surface area contributed by atoms with E-state index in [4.69, 9.17) is 29.2 Å². The molecule has 0 radical (unpaired) electrons. The molecule has 0 spiro atoms. The highest BCUT2D eigenvalue weighted by Crippen LogP contribution is 2.33. The predicted molar refractivity (Wildman–Crippen MR) is 168 cm³/mol. The second-order valence-corrected chi connectivity index (χ2v) is 13.7. The van der Waals surface area contributed by atoms with Crippen molar-refractivity contribution in [1.82, 2.24) is 33.7 Å². The molecule has 6 rings (SSSR count). The highest BCUT2D eigenvalue weighted by atomic mass is 32.2. The van der Waals surface area contributed by atoms with Gasteiger partial charge in [-0.15, -0.1) is 0 Å². The summed E-state index contributed by atoms with van der Waals surface area (Å²) in [6, 6.07) is 4.83. The van der Waals surface area contributed by atoms with E-state index in [2.05, 4.69) is 9.88 Å². The maximum Gasteiger partial charge on any atom is 0.296 e. The Morgan fingerprint density at radius 1 is 1.00 bits per heavy atom. The van der Waals surface area contributed by atoms with Gasteiger partial charge in [-0.1, -0.05) is 6.07 Å². The van der Waals surface area contributed by atoms with E-state index in [1.807, 2.05) is 9.80 Å². The fourth-order valence-electron chi connectivity index (χ4n) is 6.30. The van der Waals surface area contributed by atoms with Crippen molar-refractivity contribution in [2.75, 3.05) is 102 Å². The number of nitrogens with zero attached hydrogens (tertiary/aromatic N) is 9. The molecule has 1 aromatic carbocycles. The molecule has 1 atom stereocenters. The van der Waals surface area contributed by atoms with Gasteiger partial charge in [0.2, 0.25) is 27.9 Å². The zero-order valence-corrected chi connectivity index (χ0v) is 27.0. The minimum Gasteiger partial charge on any atom is -0.494 e. The summed E-state index contributed by atoms with van der Waals surface area (Å²) in [4.78, 5) is 25.1. The monoisotopic (exact) mass is 665 g/mol. The first-order valence-electron chi connectivity index (χ1n) is 15.7. The molecule has 14 nitrogen and oxygen atoms in total. The van der Waals surface area contributed by atoms with Crippen molar-refractivity contribution in [3.05, 3.63) is 24.0 Å². The number of fused-ring (bicyclic) bond motifs is 1. The lowest BCUT2D eigenvalue weighted by molar-refractivity contribution is 0.0375. The van der Waals surface area contributed by atoms with Gasteiger partial charge in [0.25, 0.3) is 6.43 Å². The number of anilines is 2. The second kappa shape index (κ2) is 14.3. The summed E-state index contributed by atoms with van der Waals surface area (Å²) in [5, 5.41) is 0. The van der Waals surface area contributed by atoms with Crippen LogP contribution in [0.2, 0.25) is 0 Å². The molecule has 0 N–H and O–H groups in total. The van der Waals surface area contributed by atoms with Gasteiger partial charge in [0, 0.05) is 58.4 Å². The molecule has 2 aromatic heterocycles. The van der Waals surface area contributed by atoms with E-state index >= 15 is 0 Å². The zero-order chi connectivity index (χ0) is 32.3. The van der Waals surface area contributed by atoms with Gasteiger partial charge < -0.3 is 24.0 Å². The molecule has 46 heavy (non-hydrogen) atoms. The summed E-state index contributed by atoms with van der Waals surface area (Å²) >= 11 is 0. The molecule has 3 aliphatic heterocycles. The van der Waals surface area contributed by atoms with Crippen LogP contribution in [0.25, 0.3) is 17.0 Å². The number of alkyl halides is 2. The number of ether oxygens (including phenoxy) is 3. The number of morpholine rings is 2. The Bertz CT molecular complexity index is 1600. The molecule has 3 aliphatic rings. The van der Waals surface area contributed by atoms with Crippen LogP contribution < -0.4 is 14.5 Å². The fourth-order valence-corrected chi connectivity index (χ4v) is 7.20. The minimum atomic E-state index is -3.43. The molecule has 0 amide bonds. The number of benzene rings is 1. The van der Waals surface area contributed by atoms with Crippen LogP contribution in [-0.4, -0.2) is 140 Å². The first kappa shape index (κ1) is 32.7. The number of hydrogen-bond acceptors (Lipinski definition) is 12. The lowest BCUT2D eigenvalue weighted by Crippen LogP contribution is -2.51. The second-order valence-electron chi connectivity index (χ2n) is 11.7. The van der Waals surface area contributed by atoms with Gasteiger partial charge in [0.05, 0.1) is 45.3 Å². The number of aromatic nitrogens is 5. The largest absolute Gasteiger partial charge is 0.494 e. The maximum absolute atomic E-state index is 14.6. The van der Waals surface area contributed by atoms with E-state index in [9.17, 15) is 17.2 Å². The van der Waals surface area contributed by atoms with Crippen molar-refractivity contribution in [2.45, 2.75) is 31.7 Å². The molecule has 1 unspecified atom stereocenters. The number of piperidine rings is 1. The fraction of sp³-hybridized carbons (Fsp3) is 0.655. The zero-order valence-electron chi connectivity index (χ0n) is 26.2. The topological polar surface area (TPSA) is 131 Å². The van der Waals surface area contributed by atoms with Crippen LogP contribution in [0, 0.1) is 0 Å². The molecular formula is C29H41F2N9O5S. The minimum absolute atomic E-state index is 0.00602. The van der Waals surface area contributed by atoms with Crippen molar-refractivity contribution >= 4 is 33.0 Å². The molecule has 0 bridgehead atoms. The van der Waals surface area contributed by atoms with E-state index < -0.39 is 22.3 Å². The van der Waals surface area contributed by atoms with Crippen molar-refractivity contribution in [1.29, 1.82) is 0 Å². The van der Waals surface area contributed by atoms with Crippen LogP contribution in [0.4, 0.5) is 20.7 Å². The standard InChI is InChI=1S/C29H41F2N9O5S/c1-43-23-8-3-7-22-24(23)32-26(25(30)31)40(22)29-34-27(37-14-18-45-19-15-37)33-28(35-29)39(11-5-9-36-12-16-44-17-13-36)21-6-4-10-38(20-21)46(2,41)42/h3,7-8,21,25H,4-6,9-20H2,1-2H3. The predicted octanol–water partition coefficient (Wildman–Crippen LogP) is 1.95. The van der Waals surface area contributed by atoms with Crippen molar-refractivity contribution in [3.8, 4) is 11.7 Å². The third kappa shape index (κ3) is 7.17. The molecule has 3 aromatic rings. The van der Waals surface area contributed by atoms with Crippen LogP contribution in [-0.2, 0) is 19.5 Å². The quantitative estimate of drug-likeness (QED) is 0.297. The Morgan fingerprint density at radius 3 is 2.41 bits per heavy atom. The normalized spacial score (nSPS) is 20.5. The molecular weight excluding hydrogens is 624 g/mol. The summed E-state index contributed by atoms with van der Waals surface area (Å²) in [5.74, 6) is 0.491. The number of rotatable bonds is 11. The molecule has 3 fully saturated rings. The van der Waals surface area contributed by atoms with Crippen LogP contribution in [0.3, 0.4) is 0 Å². The van der Waals surface area contributed by atoms with Crippen molar-refractivity contribution < 1.29 is 31.4 Å². The van der Waals surface area contributed by atoms with Gasteiger partial charge in [0.1, 0.15) is 11.3 Å². The third-order valence-electron chi connectivity index (χ3n) is 8.69. The summed E-state index contributed by atoms with van der Waals surface area (Å²) in [7, 11) is -1.96. The van der Waals surface area contributed by atoms with E-state index in [0.29, 0.717) is 82.2 Å². The van der Waals surface area contributed by atoms with Crippen molar-refractivity contribution in [3.63, 3.8) is 0 Å². The van der Waals surface area contributed by atoms with Gasteiger partial charge in [0.15, 0.2) is 5.82 Å². The SMILES string of the molecule is COc1cccc2c1nc(C(F)F)n2-c1nc(N2CCOCC2)nc(N(CCCN2CCOCC2)C2CCCN(S(C)(=O)=O)C2)n1. The van der Waals surface area contributed by atoms with Gasteiger partial charge in [-0.2, -0.15) is 15.0 Å². The first-order valence-corrected chi connectivity index (χ1v) is 17.5. The third-order valence-corrected chi connectivity index (χ3v) is 9.96. The molecule has 5 heterocycles. The average Bonchev–Trinajstić information content (AvgIpc) is 3.48. The lowest BCUT2D eigenvalue weighted by atomic mass is 10.1. The van der Waals surface area contributed by atoms with E-state index in [0.717, 1.165) is 32.5 Å². The number of para-hydroxylation sites is 1. The van der Waals surface area contributed by atoms with Crippen LogP contribution >= 0.6 is 0 Å². The molecule has 17 heteroatoms. The molecule has 3 saturated heterocycles. The van der Waals surface area contributed by atoms with Gasteiger partial charge >= 0.3 is 0 Å². The number of imidazole rings is 1. The van der Waals surface area contributed by atoms with E-state index in [-0.39, 0.29) is 24.1 Å². The van der Waals surface area contributed by atoms with Gasteiger partial charge in [-0.05, 0) is 31.4 Å². The average molecular weight is 666 g/mol. The number of halogens is 2.